The van der Waals surface area contributed by atoms with Crippen molar-refractivity contribution in [2.45, 2.75) is 43.8 Å². The highest BCUT2D eigenvalue weighted by Crippen LogP contribution is 2.45. The molecule has 1 saturated carbocycles. The summed E-state index contributed by atoms with van der Waals surface area (Å²) in [6.45, 7) is 1.93. The van der Waals surface area contributed by atoms with Gasteiger partial charge in [-0.2, -0.15) is 0 Å². The summed E-state index contributed by atoms with van der Waals surface area (Å²) in [4.78, 5) is 12.4. The number of halogens is 1. The molecule has 24 heavy (non-hydrogen) atoms. The lowest BCUT2D eigenvalue weighted by molar-refractivity contribution is -0.879. The van der Waals surface area contributed by atoms with E-state index >= 15 is 0 Å². The Balaban J connectivity index is 0.00000208. The number of quaternary nitrogens is 1. The van der Waals surface area contributed by atoms with Crippen LogP contribution in [0.3, 0.4) is 0 Å². The number of carboxylic acid groups (broad SMARTS) is 1. The van der Waals surface area contributed by atoms with Gasteiger partial charge in [0.25, 0.3) is 0 Å². The Labute approximate surface area is 155 Å². The number of rotatable bonds is 5. The van der Waals surface area contributed by atoms with Crippen LogP contribution in [0.25, 0.3) is 0 Å². The first-order valence-electron chi connectivity index (χ1n) is 8.73. The monoisotopic (exact) mass is 397 g/mol. The third-order valence-electron chi connectivity index (χ3n) is 5.56. The van der Waals surface area contributed by atoms with E-state index in [9.17, 15) is 9.90 Å². The molecule has 1 heterocycles. The van der Waals surface area contributed by atoms with Gasteiger partial charge in [-0.1, -0.05) is 43.2 Å². The standard InChI is InChI=1S/C19H27NO3.BrH/c1-20(2)13-12-17(14-20)23-19(18(21)22,16-10-6-7-11-16)15-8-4-3-5-9-15;/h3-5,8-9,16-17H,6-7,10-14H2,1-2H3;1H. The molecule has 1 saturated heterocycles. The van der Waals surface area contributed by atoms with Gasteiger partial charge >= 0.3 is 5.97 Å². The average molecular weight is 398 g/mol. The van der Waals surface area contributed by atoms with Gasteiger partial charge in [-0.05, 0) is 18.4 Å². The molecule has 1 aliphatic heterocycles. The maximum Gasteiger partial charge on any atom is 0.340 e. The number of hydrogen-bond donors (Lipinski definition) is 1. The molecular weight excluding hydrogens is 370 g/mol. The van der Waals surface area contributed by atoms with Gasteiger partial charge in [-0.25, -0.2) is 4.79 Å². The maximum absolute atomic E-state index is 12.4. The largest absolute Gasteiger partial charge is 1.00 e. The minimum Gasteiger partial charge on any atom is -1.00 e. The van der Waals surface area contributed by atoms with Crippen LogP contribution in [0.4, 0.5) is 0 Å². The van der Waals surface area contributed by atoms with Crippen molar-refractivity contribution in [3.8, 4) is 0 Å². The minimum absolute atomic E-state index is 0. The van der Waals surface area contributed by atoms with Crippen LogP contribution in [-0.2, 0) is 15.1 Å². The van der Waals surface area contributed by atoms with Crippen molar-refractivity contribution >= 4 is 5.97 Å². The van der Waals surface area contributed by atoms with Crippen molar-refractivity contribution in [1.82, 2.24) is 0 Å². The normalized spacial score (nSPS) is 25.8. The Bertz CT molecular complexity index is 557. The van der Waals surface area contributed by atoms with Gasteiger partial charge in [0.05, 0.1) is 20.6 Å². The molecule has 0 amide bonds. The molecule has 1 aromatic carbocycles. The summed E-state index contributed by atoms with van der Waals surface area (Å²) in [6, 6.07) is 9.60. The zero-order valence-electron chi connectivity index (χ0n) is 14.6. The number of likely N-dealkylation sites (N-methyl/N-ethyl adjacent to an activating group) is 1. The number of nitrogens with zero attached hydrogens (tertiary/aromatic N) is 1. The molecule has 0 radical (unpaired) electrons. The number of carbonyl (C=O) groups is 1. The molecule has 0 aromatic heterocycles. The van der Waals surface area contributed by atoms with E-state index in [1.54, 1.807) is 0 Å². The van der Waals surface area contributed by atoms with E-state index in [1.165, 1.54) is 0 Å². The molecule has 5 heteroatoms. The quantitative estimate of drug-likeness (QED) is 0.712. The number of benzene rings is 1. The van der Waals surface area contributed by atoms with Gasteiger partial charge < -0.3 is 31.3 Å². The fourth-order valence-electron chi connectivity index (χ4n) is 4.35. The molecule has 0 spiro atoms. The summed E-state index contributed by atoms with van der Waals surface area (Å²) in [5.41, 5.74) is -0.385. The number of carboxylic acids is 1. The van der Waals surface area contributed by atoms with Gasteiger partial charge in [0.15, 0.2) is 5.60 Å². The highest BCUT2D eigenvalue weighted by atomic mass is 79.9. The number of aliphatic carboxylic acids is 1. The molecule has 0 bridgehead atoms. The third-order valence-corrected chi connectivity index (χ3v) is 5.56. The summed E-state index contributed by atoms with van der Waals surface area (Å²) in [7, 11) is 4.37. The maximum atomic E-state index is 12.4. The second kappa shape index (κ2) is 7.54. The topological polar surface area (TPSA) is 46.5 Å². The lowest BCUT2D eigenvalue weighted by Crippen LogP contribution is -3.00. The predicted octanol–water partition coefficient (Wildman–Crippen LogP) is 0.0260. The first-order chi connectivity index (χ1) is 10.9. The van der Waals surface area contributed by atoms with Crippen molar-refractivity contribution in [2.24, 2.45) is 5.92 Å². The third kappa shape index (κ3) is 3.68. The Hall–Kier alpha value is -0.910. The van der Waals surface area contributed by atoms with E-state index in [4.69, 9.17) is 4.74 Å². The average Bonchev–Trinajstić information content (AvgIpc) is 3.15. The summed E-state index contributed by atoms with van der Waals surface area (Å²) < 4.78 is 7.35. The van der Waals surface area contributed by atoms with E-state index in [1.807, 2.05) is 30.3 Å². The van der Waals surface area contributed by atoms with Crippen molar-refractivity contribution < 1.29 is 36.1 Å². The van der Waals surface area contributed by atoms with Crippen molar-refractivity contribution in [3.05, 3.63) is 35.9 Å². The predicted molar refractivity (Wildman–Crippen MR) is 89.0 cm³/mol. The van der Waals surface area contributed by atoms with E-state index < -0.39 is 11.6 Å². The highest BCUT2D eigenvalue weighted by Gasteiger charge is 2.52. The first-order valence-corrected chi connectivity index (χ1v) is 8.73. The van der Waals surface area contributed by atoms with Crippen LogP contribution in [0.1, 0.15) is 37.7 Å². The van der Waals surface area contributed by atoms with Crippen molar-refractivity contribution in [3.63, 3.8) is 0 Å². The Kier molecular flexibility index (Phi) is 6.10. The lowest BCUT2D eigenvalue weighted by Gasteiger charge is -2.37. The fraction of sp³-hybridized carbons (Fsp3) is 0.632. The van der Waals surface area contributed by atoms with Gasteiger partial charge in [-0.15, -0.1) is 0 Å². The number of likely N-dealkylation sites (tertiary alicyclic amines) is 1. The van der Waals surface area contributed by atoms with E-state index in [-0.39, 0.29) is 29.0 Å². The van der Waals surface area contributed by atoms with Crippen LogP contribution in [0.2, 0.25) is 0 Å². The van der Waals surface area contributed by atoms with E-state index in [0.717, 1.165) is 55.2 Å². The van der Waals surface area contributed by atoms with E-state index in [2.05, 4.69) is 14.1 Å². The molecule has 134 valence electrons. The van der Waals surface area contributed by atoms with Crippen molar-refractivity contribution in [2.75, 3.05) is 27.2 Å². The molecule has 4 nitrogen and oxygen atoms in total. The number of hydrogen-bond acceptors (Lipinski definition) is 2. The van der Waals surface area contributed by atoms with Crippen LogP contribution < -0.4 is 17.0 Å². The molecule has 1 aromatic rings. The van der Waals surface area contributed by atoms with Gasteiger partial charge in [0.1, 0.15) is 12.6 Å². The Morgan fingerprint density at radius 1 is 1.17 bits per heavy atom. The Morgan fingerprint density at radius 3 is 2.29 bits per heavy atom. The van der Waals surface area contributed by atoms with Crippen LogP contribution in [0.15, 0.2) is 30.3 Å². The summed E-state index contributed by atoms with van der Waals surface area (Å²) in [6.07, 6.45) is 5.02. The number of ether oxygens (including phenoxy) is 1. The van der Waals surface area contributed by atoms with Crippen molar-refractivity contribution in [1.29, 1.82) is 0 Å². The smallest absolute Gasteiger partial charge is 0.340 e. The Morgan fingerprint density at radius 2 is 1.79 bits per heavy atom. The zero-order chi connectivity index (χ0) is 16.5. The highest BCUT2D eigenvalue weighted by molar-refractivity contribution is 5.80. The summed E-state index contributed by atoms with van der Waals surface area (Å²) in [5.74, 6) is -0.758. The second-order valence-electron chi connectivity index (χ2n) is 7.76. The zero-order valence-corrected chi connectivity index (χ0v) is 16.2. The molecule has 1 N–H and O–H groups in total. The second-order valence-corrected chi connectivity index (χ2v) is 7.76. The van der Waals surface area contributed by atoms with Gasteiger partial charge in [-0.3, -0.25) is 0 Å². The molecule has 2 unspecified atom stereocenters. The van der Waals surface area contributed by atoms with Crippen LogP contribution in [-0.4, -0.2) is 48.8 Å². The van der Waals surface area contributed by atoms with Crippen LogP contribution in [0.5, 0.6) is 0 Å². The molecular formula is C19H28BrNO3. The lowest BCUT2D eigenvalue weighted by atomic mass is 9.79. The first kappa shape index (κ1) is 19.4. The molecule has 2 atom stereocenters. The summed E-state index contributed by atoms with van der Waals surface area (Å²) >= 11 is 0. The summed E-state index contributed by atoms with van der Waals surface area (Å²) in [5, 5.41) is 10.2. The van der Waals surface area contributed by atoms with Gasteiger partial charge in [0.2, 0.25) is 0 Å². The molecule has 2 aliphatic rings. The van der Waals surface area contributed by atoms with Gasteiger partial charge in [0, 0.05) is 12.3 Å². The molecule has 2 fully saturated rings. The SMILES string of the molecule is C[N+]1(C)CCC(OC(C(=O)O)(c2ccccc2)C2CCCC2)C1.[Br-]. The molecule has 1 aliphatic carbocycles. The van der Waals surface area contributed by atoms with Crippen LogP contribution >= 0.6 is 0 Å². The van der Waals surface area contributed by atoms with Crippen LogP contribution in [0, 0.1) is 5.92 Å². The fourth-order valence-corrected chi connectivity index (χ4v) is 4.35. The minimum atomic E-state index is -1.19. The van der Waals surface area contributed by atoms with E-state index in [0.29, 0.717) is 0 Å². The molecule has 3 rings (SSSR count).